The first-order valence-corrected chi connectivity index (χ1v) is 7.58. The average Bonchev–Trinajstić information content (AvgIpc) is 2.84. The summed E-state index contributed by atoms with van der Waals surface area (Å²) in [7, 11) is 1.80. The van der Waals surface area contributed by atoms with Gasteiger partial charge >= 0.3 is 0 Å². The van der Waals surface area contributed by atoms with Crippen LogP contribution in [0.5, 0.6) is 0 Å². The Bertz CT molecular complexity index is 580. The number of hydrogen-bond acceptors (Lipinski definition) is 3. The van der Waals surface area contributed by atoms with E-state index in [9.17, 15) is 4.79 Å². The van der Waals surface area contributed by atoms with Gasteiger partial charge in [-0.3, -0.25) is 4.79 Å². The van der Waals surface area contributed by atoms with Crippen LogP contribution in [0, 0.1) is 0 Å². The van der Waals surface area contributed by atoms with Crippen LogP contribution in [0.4, 0.5) is 0 Å². The molecule has 2 N–H and O–H groups in total. The number of benzene rings is 1. The molecule has 0 aliphatic rings. The molecule has 1 amide bonds. The molecule has 1 aromatic heterocycles. The highest BCUT2D eigenvalue weighted by Crippen LogP contribution is 2.22. The summed E-state index contributed by atoms with van der Waals surface area (Å²) in [6, 6.07) is 11.4. The summed E-state index contributed by atoms with van der Waals surface area (Å²) in [6.45, 7) is 1.19. The maximum absolute atomic E-state index is 12.3. The summed E-state index contributed by atoms with van der Waals surface area (Å²) in [4.78, 5) is 15.1. The predicted molar refractivity (Wildman–Crippen MR) is 84.3 cm³/mol. The lowest BCUT2D eigenvalue weighted by atomic mass is 10.1. The monoisotopic (exact) mass is 308 g/mol. The zero-order valence-electron chi connectivity index (χ0n) is 11.3. The maximum Gasteiger partial charge on any atom is 0.253 e. The molecule has 1 aromatic carbocycles. The SMILES string of the molecule is CN(Cc1ccc(Cl)s1)C(=O)c1ccc(CCN)cc1. The van der Waals surface area contributed by atoms with Crippen molar-refractivity contribution in [3.05, 3.63) is 56.7 Å². The number of nitrogens with two attached hydrogens (primary N) is 1. The number of carbonyl (C=O) groups is 1. The van der Waals surface area contributed by atoms with Crippen LogP contribution in [0.25, 0.3) is 0 Å². The first-order valence-electron chi connectivity index (χ1n) is 6.39. The van der Waals surface area contributed by atoms with Crippen LogP contribution in [0.2, 0.25) is 4.34 Å². The third-order valence-corrected chi connectivity index (χ3v) is 4.22. The summed E-state index contributed by atoms with van der Waals surface area (Å²) >= 11 is 7.39. The van der Waals surface area contributed by atoms with Crippen molar-refractivity contribution in [2.45, 2.75) is 13.0 Å². The minimum atomic E-state index is 0.00817. The van der Waals surface area contributed by atoms with Gasteiger partial charge in [-0.05, 0) is 42.8 Å². The zero-order chi connectivity index (χ0) is 14.5. The van der Waals surface area contributed by atoms with E-state index in [2.05, 4.69) is 0 Å². The molecule has 1 heterocycles. The van der Waals surface area contributed by atoms with E-state index >= 15 is 0 Å². The van der Waals surface area contributed by atoms with Crippen molar-refractivity contribution >= 4 is 28.8 Å². The van der Waals surface area contributed by atoms with E-state index in [0.717, 1.165) is 21.2 Å². The molecule has 3 nitrogen and oxygen atoms in total. The number of nitrogens with zero attached hydrogens (tertiary/aromatic N) is 1. The molecule has 0 saturated heterocycles. The molecule has 0 aliphatic carbocycles. The van der Waals surface area contributed by atoms with Gasteiger partial charge in [-0.2, -0.15) is 0 Å². The highest BCUT2D eigenvalue weighted by molar-refractivity contribution is 7.16. The molecule has 0 unspecified atom stereocenters. The summed E-state index contributed by atoms with van der Waals surface area (Å²) in [5.41, 5.74) is 7.35. The van der Waals surface area contributed by atoms with Gasteiger partial charge in [0.2, 0.25) is 0 Å². The molecular formula is C15H17ClN2OS. The molecule has 0 bridgehead atoms. The predicted octanol–water partition coefficient (Wildman–Crippen LogP) is 3.17. The molecule has 2 aromatic rings. The van der Waals surface area contributed by atoms with Gasteiger partial charge in [0, 0.05) is 17.5 Å². The molecule has 0 radical (unpaired) electrons. The van der Waals surface area contributed by atoms with Gasteiger partial charge in [0.1, 0.15) is 0 Å². The third kappa shape index (κ3) is 3.82. The van der Waals surface area contributed by atoms with Crippen LogP contribution in [-0.2, 0) is 13.0 Å². The van der Waals surface area contributed by atoms with Gasteiger partial charge in [-0.1, -0.05) is 23.7 Å². The van der Waals surface area contributed by atoms with Crippen molar-refractivity contribution in [3.63, 3.8) is 0 Å². The van der Waals surface area contributed by atoms with Gasteiger partial charge < -0.3 is 10.6 Å². The fraction of sp³-hybridized carbons (Fsp3) is 0.267. The van der Waals surface area contributed by atoms with Crippen molar-refractivity contribution < 1.29 is 4.79 Å². The Hall–Kier alpha value is -1.36. The number of carbonyl (C=O) groups excluding carboxylic acids is 1. The van der Waals surface area contributed by atoms with Crippen LogP contribution < -0.4 is 5.73 Å². The van der Waals surface area contributed by atoms with Crippen LogP contribution in [0.1, 0.15) is 20.8 Å². The van der Waals surface area contributed by atoms with Crippen molar-refractivity contribution in [1.82, 2.24) is 4.90 Å². The number of halogens is 1. The van der Waals surface area contributed by atoms with Crippen molar-refractivity contribution in [3.8, 4) is 0 Å². The minimum Gasteiger partial charge on any atom is -0.337 e. The standard InChI is InChI=1S/C15H17ClN2OS/c1-18(10-13-6-7-14(16)20-13)15(19)12-4-2-11(3-5-12)8-9-17/h2-7H,8-10,17H2,1H3. The average molecular weight is 309 g/mol. The lowest BCUT2D eigenvalue weighted by molar-refractivity contribution is 0.0786. The van der Waals surface area contributed by atoms with E-state index in [4.69, 9.17) is 17.3 Å². The maximum atomic E-state index is 12.3. The molecule has 20 heavy (non-hydrogen) atoms. The van der Waals surface area contributed by atoms with Crippen molar-refractivity contribution in [2.24, 2.45) is 5.73 Å². The molecule has 0 spiro atoms. The van der Waals surface area contributed by atoms with Crippen LogP contribution >= 0.6 is 22.9 Å². The molecule has 106 valence electrons. The normalized spacial score (nSPS) is 10.6. The minimum absolute atomic E-state index is 0.00817. The Labute approximate surface area is 128 Å². The second-order valence-electron chi connectivity index (χ2n) is 4.60. The topological polar surface area (TPSA) is 46.3 Å². The molecule has 0 aliphatic heterocycles. The number of rotatable bonds is 5. The van der Waals surface area contributed by atoms with Gasteiger partial charge in [-0.25, -0.2) is 0 Å². The first kappa shape index (κ1) is 15.0. The highest BCUT2D eigenvalue weighted by atomic mass is 35.5. The van der Waals surface area contributed by atoms with Gasteiger partial charge in [0.05, 0.1) is 10.9 Å². The fourth-order valence-corrected chi connectivity index (χ4v) is 3.08. The zero-order valence-corrected chi connectivity index (χ0v) is 12.9. The van der Waals surface area contributed by atoms with Crippen molar-refractivity contribution in [2.75, 3.05) is 13.6 Å². The van der Waals surface area contributed by atoms with E-state index in [0.29, 0.717) is 18.7 Å². The van der Waals surface area contributed by atoms with Crippen LogP contribution in [0.3, 0.4) is 0 Å². The summed E-state index contributed by atoms with van der Waals surface area (Å²) in [5.74, 6) is 0.00817. The number of hydrogen-bond donors (Lipinski definition) is 1. The molecule has 5 heteroatoms. The smallest absolute Gasteiger partial charge is 0.253 e. The van der Waals surface area contributed by atoms with Gasteiger partial charge in [-0.15, -0.1) is 11.3 Å². The summed E-state index contributed by atoms with van der Waals surface area (Å²) in [5, 5.41) is 0. The molecule has 0 fully saturated rings. The van der Waals surface area contributed by atoms with Gasteiger partial charge in [0.15, 0.2) is 0 Å². The van der Waals surface area contributed by atoms with Crippen LogP contribution in [-0.4, -0.2) is 24.4 Å². The fourth-order valence-electron chi connectivity index (χ4n) is 1.94. The molecule has 0 atom stereocenters. The Morgan fingerprint density at radius 1 is 1.25 bits per heavy atom. The van der Waals surface area contributed by atoms with Crippen LogP contribution in [0.15, 0.2) is 36.4 Å². The third-order valence-electron chi connectivity index (χ3n) is 3.00. The van der Waals surface area contributed by atoms with Gasteiger partial charge in [0.25, 0.3) is 5.91 Å². The molecule has 0 saturated carbocycles. The Morgan fingerprint density at radius 3 is 2.50 bits per heavy atom. The molecular weight excluding hydrogens is 292 g/mol. The van der Waals surface area contributed by atoms with E-state index in [1.54, 1.807) is 11.9 Å². The first-order chi connectivity index (χ1) is 9.60. The quantitative estimate of drug-likeness (QED) is 0.922. The van der Waals surface area contributed by atoms with E-state index < -0.39 is 0 Å². The Balaban J connectivity index is 2.02. The second kappa shape index (κ2) is 6.88. The molecule has 2 rings (SSSR count). The Morgan fingerprint density at radius 2 is 1.95 bits per heavy atom. The highest BCUT2D eigenvalue weighted by Gasteiger charge is 2.12. The Kier molecular flexibility index (Phi) is 5.17. The second-order valence-corrected chi connectivity index (χ2v) is 6.40. The summed E-state index contributed by atoms with van der Waals surface area (Å²) < 4.78 is 0.743. The lowest BCUT2D eigenvalue weighted by Crippen LogP contribution is -2.25. The number of thiophene rings is 1. The summed E-state index contributed by atoms with van der Waals surface area (Å²) in [6.07, 6.45) is 0.831. The van der Waals surface area contributed by atoms with E-state index in [1.807, 2.05) is 36.4 Å². The van der Waals surface area contributed by atoms with E-state index in [-0.39, 0.29) is 5.91 Å². The lowest BCUT2D eigenvalue weighted by Gasteiger charge is -2.16. The largest absolute Gasteiger partial charge is 0.337 e. The van der Waals surface area contributed by atoms with Crippen molar-refractivity contribution in [1.29, 1.82) is 0 Å². The van der Waals surface area contributed by atoms with E-state index in [1.165, 1.54) is 11.3 Å². The number of amides is 1.